The van der Waals surface area contributed by atoms with Gasteiger partial charge in [0.05, 0.1) is 24.6 Å². The number of carbonyl (C=O) groups is 1. The number of rotatable bonds is 10. The molecule has 0 bridgehead atoms. The van der Waals surface area contributed by atoms with Gasteiger partial charge in [0.1, 0.15) is 5.75 Å². The minimum absolute atomic E-state index is 0.190. The van der Waals surface area contributed by atoms with Gasteiger partial charge < -0.3 is 10.1 Å². The summed E-state index contributed by atoms with van der Waals surface area (Å²) in [5.41, 5.74) is 4.18. The summed E-state index contributed by atoms with van der Waals surface area (Å²) in [6, 6.07) is 20.5. The normalized spacial score (nSPS) is 12.4. The van der Waals surface area contributed by atoms with Crippen molar-refractivity contribution in [1.29, 1.82) is 0 Å². The Kier molecular flexibility index (Phi) is 8.70. The number of nitrogens with one attached hydrogen (secondary N) is 1. The molecule has 1 atom stereocenters. The number of nitrogens with zero attached hydrogens (tertiary/aromatic N) is 1. The van der Waals surface area contributed by atoms with E-state index >= 15 is 0 Å². The van der Waals surface area contributed by atoms with E-state index in [1.165, 1.54) is 4.31 Å². The summed E-state index contributed by atoms with van der Waals surface area (Å²) in [4.78, 5) is 13.4. The predicted molar refractivity (Wildman–Crippen MR) is 139 cm³/mol. The molecule has 0 saturated carbocycles. The highest BCUT2D eigenvalue weighted by Gasteiger charge is 2.30. The van der Waals surface area contributed by atoms with Crippen molar-refractivity contribution in [2.45, 2.75) is 45.1 Å². The fraction of sp³-hybridized carbons (Fsp3) is 0.321. The van der Waals surface area contributed by atoms with Gasteiger partial charge in [-0.25, -0.2) is 8.42 Å². The minimum atomic E-state index is -3.91. The first kappa shape index (κ1) is 26.4. The first-order chi connectivity index (χ1) is 16.6. The maximum atomic E-state index is 13.8. The molecular formula is C28H34N2O4S. The van der Waals surface area contributed by atoms with Crippen molar-refractivity contribution in [3.63, 3.8) is 0 Å². The van der Waals surface area contributed by atoms with Crippen molar-refractivity contribution in [2.24, 2.45) is 0 Å². The van der Waals surface area contributed by atoms with E-state index in [0.29, 0.717) is 23.3 Å². The van der Waals surface area contributed by atoms with Crippen molar-refractivity contribution in [2.75, 3.05) is 20.2 Å². The Morgan fingerprint density at radius 1 is 0.971 bits per heavy atom. The first-order valence-electron chi connectivity index (χ1n) is 11.7. The zero-order valence-corrected chi connectivity index (χ0v) is 21.9. The number of amides is 1. The quantitative estimate of drug-likeness (QED) is 0.442. The zero-order chi connectivity index (χ0) is 25.6. The summed E-state index contributed by atoms with van der Waals surface area (Å²) in [5, 5.41) is 2.94. The molecular weight excluding hydrogens is 460 g/mol. The Bertz CT molecular complexity index is 1250. The number of aryl methyl sites for hydroxylation is 3. The Balaban J connectivity index is 1.87. The number of para-hydroxylation sites is 1. The molecule has 0 aliphatic heterocycles. The molecule has 3 aromatic carbocycles. The van der Waals surface area contributed by atoms with Gasteiger partial charge in [-0.15, -0.1) is 0 Å². The summed E-state index contributed by atoms with van der Waals surface area (Å²) in [6.45, 7) is 7.30. The van der Waals surface area contributed by atoms with Crippen LogP contribution < -0.4 is 10.1 Å². The molecule has 3 rings (SSSR count). The molecule has 1 amide bonds. The first-order valence-corrected chi connectivity index (χ1v) is 13.1. The fourth-order valence-corrected chi connectivity index (χ4v) is 6.24. The third-order valence-corrected chi connectivity index (χ3v) is 8.15. The third kappa shape index (κ3) is 6.50. The molecule has 0 unspecified atom stereocenters. The van der Waals surface area contributed by atoms with Crippen LogP contribution in [0.25, 0.3) is 0 Å². The summed E-state index contributed by atoms with van der Waals surface area (Å²) < 4.78 is 34.3. The zero-order valence-electron chi connectivity index (χ0n) is 21.0. The van der Waals surface area contributed by atoms with Gasteiger partial charge in [-0.05, 0) is 56.9 Å². The van der Waals surface area contributed by atoms with Crippen LogP contribution in [-0.4, -0.2) is 38.8 Å². The Labute approximate surface area is 209 Å². The molecule has 3 aromatic rings. The average molecular weight is 495 g/mol. The van der Waals surface area contributed by atoms with Gasteiger partial charge in [0.25, 0.3) is 0 Å². The van der Waals surface area contributed by atoms with Gasteiger partial charge in [-0.2, -0.15) is 4.31 Å². The summed E-state index contributed by atoms with van der Waals surface area (Å²) in [6.07, 6.45) is 0.499. The second kappa shape index (κ2) is 11.5. The van der Waals surface area contributed by atoms with Gasteiger partial charge >= 0.3 is 0 Å². The van der Waals surface area contributed by atoms with E-state index in [-0.39, 0.29) is 29.9 Å². The largest absolute Gasteiger partial charge is 0.496 e. The van der Waals surface area contributed by atoms with Crippen LogP contribution in [0.1, 0.15) is 40.8 Å². The smallest absolute Gasteiger partial charge is 0.244 e. The summed E-state index contributed by atoms with van der Waals surface area (Å²) >= 11 is 0. The van der Waals surface area contributed by atoms with Crippen LogP contribution in [0, 0.1) is 20.8 Å². The van der Waals surface area contributed by atoms with Crippen LogP contribution in [0.3, 0.4) is 0 Å². The number of ether oxygens (including phenoxy) is 1. The highest BCUT2D eigenvalue weighted by Crippen LogP contribution is 2.27. The van der Waals surface area contributed by atoms with Crippen molar-refractivity contribution in [1.82, 2.24) is 9.62 Å². The molecule has 7 heteroatoms. The highest BCUT2D eigenvalue weighted by atomic mass is 32.2. The van der Waals surface area contributed by atoms with Gasteiger partial charge in [0.2, 0.25) is 15.9 Å². The molecule has 0 aliphatic carbocycles. The molecule has 0 heterocycles. The molecule has 0 radical (unpaired) electrons. The Hall–Kier alpha value is -3.16. The van der Waals surface area contributed by atoms with Crippen LogP contribution in [0.2, 0.25) is 0 Å². The maximum Gasteiger partial charge on any atom is 0.244 e. The monoisotopic (exact) mass is 494 g/mol. The Morgan fingerprint density at radius 2 is 1.57 bits per heavy atom. The number of benzene rings is 3. The molecule has 0 spiro atoms. The number of carbonyl (C=O) groups excluding carboxylic acids is 1. The summed E-state index contributed by atoms with van der Waals surface area (Å²) in [7, 11) is -2.33. The van der Waals surface area contributed by atoms with Crippen LogP contribution in [0.5, 0.6) is 5.75 Å². The lowest BCUT2D eigenvalue weighted by Crippen LogP contribution is -2.42. The molecule has 0 fully saturated rings. The van der Waals surface area contributed by atoms with E-state index in [1.54, 1.807) is 21.0 Å². The van der Waals surface area contributed by atoms with Gasteiger partial charge in [-0.1, -0.05) is 66.2 Å². The van der Waals surface area contributed by atoms with Crippen molar-refractivity contribution in [3.8, 4) is 5.75 Å². The standard InChI is InChI=1S/C28H34N2O4S/c1-20-17-21(2)28(22(3)18-20)35(32,33)30(16-15-24-11-7-6-8-12-24)19-27(31)29-23(4)25-13-9-10-14-26(25)34-5/h6-14,17-18,23H,15-16,19H2,1-5H3,(H,29,31)/t23-/m0/s1. The number of sulfonamides is 1. The van der Waals surface area contributed by atoms with E-state index in [1.807, 2.05) is 80.6 Å². The van der Waals surface area contributed by atoms with Crippen LogP contribution >= 0.6 is 0 Å². The van der Waals surface area contributed by atoms with Crippen molar-refractivity contribution >= 4 is 15.9 Å². The topological polar surface area (TPSA) is 75.7 Å². The molecule has 6 nitrogen and oxygen atoms in total. The summed E-state index contributed by atoms with van der Waals surface area (Å²) in [5.74, 6) is 0.294. The molecule has 35 heavy (non-hydrogen) atoms. The second-order valence-electron chi connectivity index (χ2n) is 8.83. The number of hydrogen-bond acceptors (Lipinski definition) is 4. The lowest BCUT2D eigenvalue weighted by Gasteiger charge is -2.25. The molecule has 0 aromatic heterocycles. The Morgan fingerprint density at radius 3 is 2.20 bits per heavy atom. The minimum Gasteiger partial charge on any atom is -0.496 e. The van der Waals surface area contributed by atoms with Crippen LogP contribution in [-0.2, 0) is 21.2 Å². The molecule has 186 valence electrons. The van der Waals surface area contributed by atoms with Gasteiger partial charge in [-0.3, -0.25) is 4.79 Å². The third-order valence-electron chi connectivity index (χ3n) is 6.00. The number of methoxy groups -OCH3 is 1. The molecule has 0 saturated heterocycles. The van der Waals surface area contributed by atoms with E-state index < -0.39 is 10.0 Å². The second-order valence-corrected chi connectivity index (χ2v) is 10.7. The van der Waals surface area contributed by atoms with Crippen LogP contribution in [0.4, 0.5) is 0 Å². The van der Waals surface area contributed by atoms with E-state index in [9.17, 15) is 13.2 Å². The predicted octanol–water partition coefficient (Wildman–Crippen LogP) is 4.73. The van der Waals surface area contributed by atoms with Crippen molar-refractivity contribution in [3.05, 3.63) is 94.5 Å². The average Bonchev–Trinajstić information content (AvgIpc) is 2.81. The van der Waals surface area contributed by atoms with Gasteiger partial charge in [0, 0.05) is 12.1 Å². The number of hydrogen-bond donors (Lipinski definition) is 1. The maximum absolute atomic E-state index is 13.8. The fourth-order valence-electron chi connectivity index (χ4n) is 4.43. The SMILES string of the molecule is COc1ccccc1[C@H](C)NC(=O)CN(CCc1ccccc1)S(=O)(=O)c1c(C)cc(C)cc1C. The van der Waals surface area contributed by atoms with E-state index in [0.717, 1.165) is 16.7 Å². The van der Waals surface area contributed by atoms with E-state index in [2.05, 4.69) is 5.32 Å². The molecule has 0 aliphatic rings. The lowest BCUT2D eigenvalue weighted by molar-refractivity contribution is -0.121. The van der Waals surface area contributed by atoms with Crippen molar-refractivity contribution < 1.29 is 17.9 Å². The van der Waals surface area contributed by atoms with Gasteiger partial charge in [0.15, 0.2) is 0 Å². The lowest BCUT2D eigenvalue weighted by atomic mass is 10.1. The molecule has 1 N–H and O–H groups in total. The highest BCUT2D eigenvalue weighted by molar-refractivity contribution is 7.89. The van der Waals surface area contributed by atoms with Crippen LogP contribution in [0.15, 0.2) is 71.6 Å². The van der Waals surface area contributed by atoms with E-state index in [4.69, 9.17) is 4.74 Å².